The monoisotopic (exact) mass is 294 g/mol. The summed E-state index contributed by atoms with van der Waals surface area (Å²) < 4.78 is 1.70. The molecule has 0 fully saturated rings. The second-order valence-electron chi connectivity index (χ2n) is 5.20. The molecule has 0 atom stereocenters. The minimum atomic E-state index is -0.159. The zero-order valence-corrected chi connectivity index (χ0v) is 12.7. The maximum atomic E-state index is 12.0. The van der Waals surface area contributed by atoms with E-state index in [9.17, 15) is 4.79 Å². The van der Waals surface area contributed by atoms with Crippen molar-refractivity contribution in [3.8, 4) is 11.3 Å². The number of aromatic nitrogens is 3. The highest BCUT2D eigenvalue weighted by molar-refractivity contribution is 5.93. The van der Waals surface area contributed by atoms with Crippen LogP contribution in [0.5, 0.6) is 0 Å². The molecule has 0 aliphatic carbocycles. The molecule has 1 amide bonds. The number of hydrogen-bond donors (Lipinski definition) is 1. The molecule has 22 heavy (non-hydrogen) atoms. The Morgan fingerprint density at radius 3 is 2.73 bits per heavy atom. The molecule has 0 saturated carbocycles. The summed E-state index contributed by atoms with van der Waals surface area (Å²) in [5.41, 5.74) is 3.95. The van der Waals surface area contributed by atoms with Crippen LogP contribution in [-0.2, 0) is 0 Å². The summed E-state index contributed by atoms with van der Waals surface area (Å²) >= 11 is 0. The van der Waals surface area contributed by atoms with Crippen LogP contribution in [0.4, 0.5) is 0 Å². The molecular formula is C17H18N4O. The van der Waals surface area contributed by atoms with Gasteiger partial charge in [-0.2, -0.15) is 5.10 Å². The Hall–Kier alpha value is -2.69. The minimum Gasteiger partial charge on any atom is -0.351 e. The molecule has 5 nitrogen and oxygen atoms in total. The Labute approximate surface area is 129 Å². The molecule has 0 radical (unpaired) electrons. The summed E-state index contributed by atoms with van der Waals surface area (Å²) in [5, 5.41) is 7.17. The third kappa shape index (κ3) is 2.70. The number of rotatable bonds is 4. The smallest absolute Gasteiger partial charge is 0.271 e. The van der Waals surface area contributed by atoms with Gasteiger partial charge in [0.05, 0.1) is 5.69 Å². The van der Waals surface area contributed by atoms with Crippen LogP contribution in [0.15, 0.2) is 42.5 Å². The topological polar surface area (TPSA) is 59.3 Å². The number of hydrogen-bond acceptors (Lipinski definition) is 3. The maximum Gasteiger partial charge on any atom is 0.271 e. The fraction of sp³-hybridized carbons (Fsp3) is 0.235. The van der Waals surface area contributed by atoms with Crippen LogP contribution in [0.2, 0.25) is 0 Å². The molecule has 1 N–H and O–H groups in total. The van der Waals surface area contributed by atoms with Crippen molar-refractivity contribution in [2.24, 2.45) is 0 Å². The van der Waals surface area contributed by atoms with Crippen LogP contribution >= 0.6 is 0 Å². The Morgan fingerprint density at radius 2 is 2.00 bits per heavy atom. The summed E-state index contributed by atoms with van der Waals surface area (Å²) in [6.07, 6.45) is 0.897. The van der Waals surface area contributed by atoms with Gasteiger partial charge in [0.1, 0.15) is 0 Å². The van der Waals surface area contributed by atoms with E-state index in [1.165, 1.54) is 0 Å². The molecule has 3 aromatic rings. The molecule has 1 aromatic carbocycles. The number of carbonyl (C=O) groups excluding carboxylic acids is 1. The van der Waals surface area contributed by atoms with E-state index in [1.54, 1.807) is 10.6 Å². The second kappa shape index (κ2) is 5.97. The lowest BCUT2D eigenvalue weighted by molar-refractivity contribution is 0.0948. The highest BCUT2D eigenvalue weighted by atomic mass is 16.1. The summed E-state index contributed by atoms with van der Waals surface area (Å²) in [6, 6.07) is 13.7. The third-order valence-electron chi connectivity index (χ3n) is 3.44. The first kappa shape index (κ1) is 14.3. The SMILES string of the molecule is CCCNC(=O)c1cc2nc(-c3ccccc3)cc(C)n2n1. The first-order chi connectivity index (χ1) is 10.7. The molecule has 0 spiro atoms. The van der Waals surface area contributed by atoms with Crippen LogP contribution in [-0.4, -0.2) is 27.0 Å². The molecule has 2 aromatic heterocycles. The van der Waals surface area contributed by atoms with E-state index in [0.717, 1.165) is 23.4 Å². The number of aryl methyl sites for hydroxylation is 1. The van der Waals surface area contributed by atoms with Gasteiger partial charge in [0, 0.05) is 23.9 Å². The largest absolute Gasteiger partial charge is 0.351 e. The lowest BCUT2D eigenvalue weighted by atomic mass is 10.1. The van der Waals surface area contributed by atoms with Crippen LogP contribution < -0.4 is 5.32 Å². The molecule has 0 aliphatic rings. The Balaban J connectivity index is 2.02. The van der Waals surface area contributed by atoms with E-state index in [1.807, 2.05) is 50.2 Å². The van der Waals surface area contributed by atoms with Gasteiger partial charge in [-0.15, -0.1) is 0 Å². The van der Waals surface area contributed by atoms with E-state index in [4.69, 9.17) is 0 Å². The highest BCUT2D eigenvalue weighted by Crippen LogP contribution is 2.19. The van der Waals surface area contributed by atoms with Crippen LogP contribution in [0.25, 0.3) is 16.9 Å². The van der Waals surface area contributed by atoms with Crippen LogP contribution in [0, 0.1) is 6.92 Å². The van der Waals surface area contributed by atoms with Crippen molar-refractivity contribution in [3.63, 3.8) is 0 Å². The van der Waals surface area contributed by atoms with E-state index in [-0.39, 0.29) is 5.91 Å². The molecule has 0 unspecified atom stereocenters. The molecule has 112 valence electrons. The summed E-state index contributed by atoms with van der Waals surface area (Å²) in [4.78, 5) is 16.6. The Morgan fingerprint density at radius 1 is 1.23 bits per heavy atom. The van der Waals surface area contributed by atoms with Crippen LogP contribution in [0.3, 0.4) is 0 Å². The fourth-order valence-electron chi connectivity index (χ4n) is 2.32. The summed E-state index contributed by atoms with van der Waals surface area (Å²) in [6.45, 7) is 4.62. The minimum absolute atomic E-state index is 0.159. The van der Waals surface area contributed by atoms with Crippen molar-refractivity contribution in [1.82, 2.24) is 19.9 Å². The van der Waals surface area contributed by atoms with Gasteiger partial charge in [0.2, 0.25) is 0 Å². The summed E-state index contributed by atoms with van der Waals surface area (Å²) in [5.74, 6) is -0.159. The standard InChI is InChI=1S/C17H18N4O/c1-3-9-18-17(22)15-11-16-19-14(10-12(2)21(16)20-15)13-7-5-4-6-8-13/h4-8,10-11H,3,9H2,1-2H3,(H,18,22). The van der Waals surface area contributed by atoms with E-state index < -0.39 is 0 Å². The van der Waals surface area contributed by atoms with Crippen molar-refractivity contribution in [1.29, 1.82) is 0 Å². The average molecular weight is 294 g/mol. The molecule has 5 heteroatoms. The van der Waals surface area contributed by atoms with Gasteiger partial charge >= 0.3 is 0 Å². The zero-order valence-electron chi connectivity index (χ0n) is 12.7. The lowest BCUT2D eigenvalue weighted by Gasteiger charge is -2.04. The van der Waals surface area contributed by atoms with Gasteiger partial charge < -0.3 is 5.32 Å². The normalized spacial score (nSPS) is 10.8. The van der Waals surface area contributed by atoms with Crippen molar-refractivity contribution in [2.75, 3.05) is 6.54 Å². The van der Waals surface area contributed by atoms with E-state index in [2.05, 4.69) is 15.4 Å². The second-order valence-corrected chi connectivity index (χ2v) is 5.20. The van der Waals surface area contributed by atoms with Gasteiger partial charge in [-0.3, -0.25) is 4.79 Å². The van der Waals surface area contributed by atoms with Crippen molar-refractivity contribution < 1.29 is 4.79 Å². The Kier molecular flexibility index (Phi) is 3.87. The number of fused-ring (bicyclic) bond motifs is 1. The lowest BCUT2D eigenvalue weighted by Crippen LogP contribution is -2.24. The van der Waals surface area contributed by atoms with Gasteiger partial charge in [-0.05, 0) is 19.4 Å². The average Bonchev–Trinajstić information content (AvgIpc) is 2.98. The van der Waals surface area contributed by atoms with E-state index >= 15 is 0 Å². The zero-order chi connectivity index (χ0) is 15.5. The third-order valence-corrected chi connectivity index (χ3v) is 3.44. The number of nitrogens with one attached hydrogen (secondary N) is 1. The summed E-state index contributed by atoms with van der Waals surface area (Å²) in [7, 11) is 0. The quantitative estimate of drug-likeness (QED) is 0.805. The van der Waals surface area contributed by atoms with Gasteiger partial charge in [0.15, 0.2) is 11.3 Å². The highest BCUT2D eigenvalue weighted by Gasteiger charge is 2.13. The first-order valence-electron chi connectivity index (χ1n) is 7.40. The molecule has 2 heterocycles. The van der Waals surface area contributed by atoms with Crippen molar-refractivity contribution in [3.05, 3.63) is 53.9 Å². The van der Waals surface area contributed by atoms with Crippen molar-refractivity contribution in [2.45, 2.75) is 20.3 Å². The molecule has 0 bridgehead atoms. The Bertz CT molecular complexity index is 808. The van der Waals surface area contributed by atoms with Gasteiger partial charge in [-0.1, -0.05) is 37.3 Å². The molecular weight excluding hydrogens is 276 g/mol. The maximum absolute atomic E-state index is 12.0. The number of nitrogens with zero attached hydrogens (tertiary/aromatic N) is 3. The van der Waals surface area contributed by atoms with Gasteiger partial charge in [-0.25, -0.2) is 9.50 Å². The molecule has 0 aliphatic heterocycles. The first-order valence-corrected chi connectivity index (χ1v) is 7.40. The number of amides is 1. The molecule has 0 saturated heterocycles. The van der Waals surface area contributed by atoms with Gasteiger partial charge in [0.25, 0.3) is 5.91 Å². The molecule has 3 rings (SSSR count). The predicted molar refractivity (Wildman–Crippen MR) is 85.8 cm³/mol. The van der Waals surface area contributed by atoms with Crippen LogP contribution in [0.1, 0.15) is 29.5 Å². The van der Waals surface area contributed by atoms with E-state index in [0.29, 0.717) is 17.9 Å². The number of benzene rings is 1. The number of carbonyl (C=O) groups is 1. The predicted octanol–water partition coefficient (Wildman–Crippen LogP) is 2.84. The van der Waals surface area contributed by atoms with Crippen molar-refractivity contribution >= 4 is 11.6 Å². The fourth-order valence-corrected chi connectivity index (χ4v) is 2.32.